The zero-order valence-electron chi connectivity index (χ0n) is 14.3. The maximum absolute atomic E-state index is 5.77. The van der Waals surface area contributed by atoms with Gasteiger partial charge in [-0.15, -0.1) is 0 Å². The molecule has 1 heteroatoms. The molecule has 2 unspecified atom stereocenters. The van der Waals surface area contributed by atoms with E-state index in [1.54, 1.807) is 5.57 Å². The van der Waals surface area contributed by atoms with Gasteiger partial charge in [-0.05, 0) is 87.4 Å². The van der Waals surface area contributed by atoms with Crippen molar-refractivity contribution in [3.05, 3.63) is 12.2 Å². The Morgan fingerprint density at radius 1 is 1.29 bits per heavy atom. The van der Waals surface area contributed by atoms with E-state index < -0.39 is 0 Å². The van der Waals surface area contributed by atoms with Gasteiger partial charge in [0.25, 0.3) is 0 Å². The van der Waals surface area contributed by atoms with E-state index in [2.05, 4.69) is 34.3 Å². The highest BCUT2D eigenvalue weighted by Gasteiger charge is 2.66. The topological polar surface area (TPSA) is 12.5 Å². The average Bonchev–Trinajstić information content (AvgIpc) is 2.74. The third-order valence-corrected chi connectivity index (χ3v) is 7.93. The molecule has 4 rings (SSSR count). The monoisotopic (exact) mass is 288 g/mol. The lowest BCUT2D eigenvalue weighted by Crippen LogP contribution is -2.52. The van der Waals surface area contributed by atoms with Crippen LogP contribution in [0.4, 0.5) is 0 Å². The molecule has 4 fully saturated rings. The van der Waals surface area contributed by atoms with Crippen LogP contribution >= 0.6 is 0 Å². The normalized spacial score (nSPS) is 51.2. The van der Waals surface area contributed by atoms with Crippen LogP contribution in [0.25, 0.3) is 0 Å². The zero-order chi connectivity index (χ0) is 15.0. The molecule has 4 aliphatic rings. The zero-order valence-corrected chi connectivity index (χ0v) is 14.3. The minimum atomic E-state index is 0.172. The van der Waals surface area contributed by atoms with Crippen molar-refractivity contribution in [1.29, 1.82) is 0 Å². The molecule has 118 valence electrons. The second kappa shape index (κ2) is 4.37. The van der Waals surface area contributed by atoms with Crippen LogP contribution in [0.15, 0.2) is 12.2 Å². The lowest BCUT2D eigenvalue weighted by Gasteiger charge is -2.57. The number of rotatable bonds is 4. The van der Waals surface area contributed by atoms with Gasteiger partial charge in [-0.25, -0.2) is 0 Å². The summed E-state index contributed by atoms with van der Waals surface area (Å²) >= 11 is 0. The molecule has 7 atom stereocenters. The lowest BCUT2D eigenvalue weighted by atomic mass is 9.47. The van der Waals surface area contributed by atoms with E-state index in [1.807, 2.05) is 0 Å². The molecule has 0 aromatic rings. The predicted octanol–water partition coefficient (Wildman–Crippen LogP) is 5.21. The fourth-order valence-corrected chi connectivity index (χ4v) is 6.53. The van der Waals surface area contributed by atoms with Crippen LogP contribution in [0.3, 0.4) is 0 Å². The van der Waals surface area contributed by atoms with Crippen molar-refractivity contribution in [2.45, 2.75) is 77.9 Å². The van der Waals surface area contributed by atoms with Gasteiger partial charge in [-0.3, -0.25) is 0 Å². The fraction of sp³-hybridized carbons (Fsp3) is 0.900. The minimum absolute atomic E-state index is 0.172. The number of epoxide rings is 1. The number of allylic oxidation sites excluding steroid dienone is 1. The molecule has 1 aliphatic heterocycles. The highest BCUT2D eigenvalue weighted by atomic mass is 16.6. The summed E-state index contributed by atoms with van der Waals surface area (Å²) in [6, 6.07) is 0. The fourth-order valence-electron chi connectivity index (χ4n) is 6.53. The van der Waals surface area contributed by atoms with E-state index in [-0.39, 0.29) is 5.60 Å². The highest BCUT2D eigenvalue weighted by molar-refractivity contribution is 5.26. The Balaban J connectivity index is 1.41. The summed E-state index contributed by atoms with van der Waals surface area (Å²) in [5, 5.41) is 0. The number of hydrogen-bond acceptors (Lipinski definition) is 1. The molecule has 0 amide bonds. The van der Waals surface area contributed by atoms with Crippen LogP contribution in [0.2, 0.25) is 0 Å². The van der Waals surface area contributed by atoms with Crippen molar-refractivity contribution in [3.8, 4) is 0 Å². The van der Waals surface area contributed by atoms with E-state index in [1.165, 1.54) is 38.5 Å². The van der Waals surface area contributed by atoms with Crippen molar-refractivity contribution < 1.29 is 4.74 Å². The van der Waals surface area contributed by atoms with Gasteiger partial charge in [-0.1, -0.05) is 26.0 Å². The molecule has 0 N–H and O–H groups in total. The van der Waals surface area contributed by atoms with Crippen molar-refractivity contribution >= 4 is 0 Å². The van der Waals surface area contributed by atoms with Gasteiger partial charge in [0.1, 0.15) is 0 Å². The summed E-state index contributed by atoms with van der Waals surface area (Å²) in [5.74, 6) is 4.65. The van der Waals surface area contributed by atoms with Crippen LogP contribution in [0, 0.1) is 35.0 Å². The molecule has 1 nitrogen and oxygen atoms in total. The highest BCUT2D eigenvalue weighted by Crippen LogP contribution is 2.73. The van der Waals surface area contributed by atoms with Crippen LogP contribution in [-0.2, 0) is 4.74 Å². The molecule has 1 saturated heterocycles. The van der Waals surface area contributed by atoms with Gasteiger partial charge in [0.15, 0.2) is 0 Å². The first-order valence-electron chi connectivity index (χ1n) is 9.20. The average molecular weight is 288 g/mol. The third kappa shape index (κ3) is 1.92. The molecule has 0 spiro atoms. The van der Waals surface area contributed by atoms with Gasteiger partial charge in [0.2, 0.25) is 0 Å². The minimum Gasteiger partial charge on any atom is -0.367 e. The molecule has 21 heavy (non-hydrogen) atoms. The Bertz CT molecular complexity index is 464. The number of hydrogen-bond donors (Lipinski definition) is 0. The number of ether oxygens (including phenoxy) is 1. The van der Waals surface area contributed by atoms with E-state index >= 15 is 0 Å². The first-order chi connectivity index (χ1) is 9.84. The maximum atomic E-state index is 5.77. The second-order valence-electron chi connectivity index (χ2n) is 9.33. The van der Waals surface area contributed by atoms with Crippen LogP contribution in [-0.4, -0.2) is 11.7 Å². The molecular weight excluding hydrogens is 256 g/mol. The van der Waals surface area contributed by atoms with E-state index in [9.17, 15) is 0 Å². The number of fused-ring (bicyclic) bond motifs is 4. The second-order valence-corrected chi connectivity index (χ2v) is 9.33. The van der Waals surface area contributed by atoms with Crippen molar-refractivity contribution in [3.63, 3.8) is 0 Å². The Morgan fingerprint density at radius 2 is 2.00 bits per heavy atom. The molecule has 0 aromatic carbocycles. The first-order valence-corrected chi connectivity index (χ1v) is 9.20. The summed E-state index contributed by atoms with van der Waals surface area (Å²) in [4.78, 5) is 0. The Kier molecular flexibility index (Phi) is 2.98. The summed E-state index contributed by atoms with van der Waals surface area (Å²) in [5.41, 5.74) is 2.43. The third-order valence-electron chi connectivity index (χ3n) is 7.93. The van der Waals surface area contributed by atoms with Gasteiger partial charge in [-0.2, -0.15) is 0 Å². The van der Waals surface area contributed by atoms with E-state index in [4.69, 9.17) is 4.74 Å². The molecule has 3 saturated carbocycles. The summed E-state index contributed by atoms with van der Waals surface area (Å²) in [7, 11) is 0. The van der Waals surface area contributed by atoms with Gasteiger partial charge >= 0.3 is 0 Å². The Morgan fingerprint density at radius 3 is 2.67 bits per heavy atom. The Labute approximate surface area is 130 Å². The molecule has 0 bridgehead atoms. The van der Waals surface area contributed by atoms with Crippen molar-refractivity contribution in [1.82, 2.24) is 0 Å². The lowest BCUT2D eigenvalue weighted by molar-refractivity contribution is -0.0789. The quantitative estimate of drug-likeness (QED) is 0.511. The van der Waals surface area contributed by atoms with Crippen molar-refractivity contribution in [2.24, 2.45) is 35.0 Å². The largest absolute Gasteiger partial charge is 0.367 e. The Hall–Kier alpha value is -0.300. The first kappa shape index (κ1) is 14.3. The summed E-state index contributed by atoms with van der Waals surface area (Å²) in [6.45, 7) is 14.0. The molecule has 0 radical (unpaired) electrons. The maximum Gasteiger partial charge on any atom is 0.0892 e. The predicted molar refractivity (Wildman–Crippen MR) is 87.0 cm³/mol. The summed E-state index contributed by atoms with van der Waals surface area (Å²) < 4.78 is 5.77. The van der Waals surface area contributed by atoms with Gasteiger partial charge < -0.3 is 4.74 Å². The van der Waals surface area contributed by atoms with Gasteiger partial charge in [0.05, 0.1) is 11.7 Å². The molecule has 1 heterocycles. The molecule has 0 aromatic heterocycles. The van der Waals surface area contributed by atoms with Gasteiger partial charge in [0, 0.05) is 0 Å². The van der Waals surface area contributed by atoms with E-state index in [0.29, 0.717) is 11.5 Å². The SMILES string of the molecule is C=C1CC[C@H]2[C@@H]1[C@@H]1[C@@H](C(C)CCC3OC3(C)C)CC[C@@]12C. The van der Waals surface area contributed by atoms with Crippen molar-refractivity contribution in [2.75, 3.05) is 0 Å². The van der Waals surface area contributed by atoms with Crippen LogP contribution < -0.4 is 0 Å². The van der Waals surface area contributed by atoms with Crippen LogP contribution in [0.5, 0.6) is 0 Å². The van der Waals surface area contributed by atoms with Crippen LogP contribution in [0.1, 0.15) is 66.2 Å². The van der Waals surface area contributed by atoms with E-state index in [0.717, 1.165) is 29.6 Å². The summed E-state index contributed by atoms with van der Waals surface area (Å²) in [6.07, 6.45) is 8.85. The standard InChI is InChI=1S/C20H32O/c1-12(7-9-16-19(3,4)21-16)14-10-11-20(5)15-8-6-13(2)17(15)18(14)20/h12,14-18H,2,6-11H2,1,3-5H3/t12?,14-,15+,16?,17-,18+,20-/m1/s1. The molecular formula is C20H32O. The molecule has 3 aliphatic carbocycles. The smallest absolute Gasteiger partial charge is 0.0892 e.